The zero-order chi connectivity index (χ0) is 18.9. The lowest BCUT2D eigenvalue weighted by Crippen LogP contribution is -2.31. The highest BCUT2D eigenvalue weighted by Gasteiger charge is 2.40. The second-order valence-electron chi connectivity index (χ2n) is 8.09. The van der Waals surface area contributed by atoms with Crippen molar-refractivity contribution in [3.63, 3.8) is 0 Å². The predicted molar refractivity (Wildman–Crippen MR) is 110 cm³/mol. The van der Waals surface area contributed by atoms with E-state index in [2.05, 4.69) is 49.8 Å². The van der Waals surface area contributed by atoms with Crippen LogP contribution in [0.2, 0.25) is 0 Å². The first kappa shape index (κ1) is 17.4. The molecule has 2 aromatic heterocycles. The van der Waals surface area contributed by atoms with E-state index in [0.717, 1.165) is 55.1 Å². The summed E-state index contributed by atoms with van der Waals surface area (Å²) in [5.41, 5.74) is 3.28. The van der Waals surface area contributed by atoms with Gasteiger partial charge in [-0.05, 0) is 24.3 Å². The quantitative estimate of drug-likeness (QED) is 0.687. The summed E-state index contributed by atoms with van der Waals surface area (Å²) in [5.74, 6) is 2.47. The van der Waals surface area contributed by atoms with Crippen LogP contribution < -0.4 is 4.90 Å². The van der Waals surface area contributed by atoms with E-state index < -0.39 is 0 Å². The van der Waals surface area contributed by atoms with Crippen molar-refractivity contribution in [1.29, 1.82) is 0 Å². The Bertz CT molecular complexity index is 906. The normalized spacial score (nSPS) is 22.0. The van der Waals surface area contributed by atoms with Crippen LogP contribution in [0.3, 0.4) is 0 Å². The highest BCUT2D eigenvalue weighted by atomic mass is 15.3. The van der Waals surface area contributed by atoms with Crippen LogP contribution >= 0.6 is 0 Å². The van der Waals surface area contributed by atoms with E-state index in [1.165, 1.54) is 18.7 Å². The lowest BCUT2D eigenvalue weighted by atomic mass is 10.0. The Balaban J connectivity index is 1.16. The van der Waals surface area contributed by atoms with Gasteiger partial charge in [-0.3, -0.25) is 9.67 Å². The number of hydrogen-bond acceptors (Lipinski definition) is 5. The fourth-order valence-electron chi connectivity index (χ4n) is 4.54. The number of rotatable bonds is 5. The number of fused-ring (bicyclic) bond motifs is 1. The van der Waals surface area contributed by atoms with Crippen molar-refractivity contribution in [2.24, 2.45) is 11.8 Å². The Morgan fingerprint density at radius 1 is 0.893 bits per heavy atom. The molecule has 2 aliphatic heterocycles. The van der Waals surface area contributed by atoms with Crippen LogP contribution in [0.5, 0.6) is 0 Å². The van der Waals surface area contributed by atoms with Gasteiger partial charge in [-0.1, -0.05) is 30.3 Å². The van der Waals surface area contributed by atoms with Gasteiger partial charge < -0.3 is 9.80 Å². The van der Waals surface area contributed by atoms with E-state index in [1.54, 1.807) is 0 Å². The van der Waals surface area contributed by atoms with Gasteiger partial charge in [0.2, 0.25) is 0 Å². The van der Waals surface area contributed by atoms with Gasteiger partial charge in [0, 0.05) is 44.5 Å². The minimum Gasteiger partial charge on any atom is -0.355 e. The highest BCUT2D eigenvalue weighted by Crippen LogP contribution is 2.33. The Labute approximate surface area is 165 Å². The second kappa shape index (κ2) is 7.36. The van der Waals surface area contributed by atoms with Gasteiger partial charge in [-0.15, -0.1) is 0 Å². The van der Waals surface area contributed by atoms with Crippen LogP contribution in [0, 0.1) is 18.8 Å². The largest absolute Gasteiger partial charge is 0.355 e. The summed E-state index contributed by atoms with van der Waals surface area (Å²) < 4.78 is 2.06. The Morgan fingerprint density at radius 3 is 2.32 bits per heavy atom. The molecule has 0 aliphatic carbocycles. The van der Waals surface area contributed by atoms with Crippen molar-refractivity contribution in [3.05, 3.63) is 60.7 Å². The van der Waals surface area contributed by atoms with E-state index >= 15 is 0 Å². The summed E-state index contributed by atoms with van der Waals surface area (Å²) in [4.78, 5) is 14.3. The highest BCUT2D eigenvalue weighted by molar-refractivity contribution is 5.58. The van der Waals surface area contributed by atoms with E-state index in [0.29, 0.717) is 0 Å². The Hall–Kier alpha value is -2.73. The first-order valence-electron chi connectivity index (χ1n) is 10.1. The lowest BCUT2D eigenvalue weighted by Gasteiger charge is -2.22. The van der Waals surface area contributed by atoms with Crippen molar-refractivity contribution in [1.82, 2.24) is 24.6 Å². The maximum atomic E-state index is 4.70. The van der Waals surface area contributed by atoms with Gasteiger partial charge >= 0.3 is 0 Å². The van der Waals surface area contributed by atoms with Gasteiger partial charge in [0.25, 0.3) is 0 Å². The van der Waals surface area contributed by atoms with Crippen molar-refractivity contribution in [2.45, 2.75) is 13.5 Å². The summed E-state index contributed by atoms with van der Waals surface area (Å²) in [6, 6.07) is 10.2. The molecule has 0 spiro atoms. The number of benzene rings is 1. The number of aromatic nitrogens is 4. The Morgan fingerprint density at radius 2 is 1.68 bits per heavy atom. The Kier molecular flexibility index (Phi) is 4.56. The molecular weight excluding hydrogens is 348 g/mol. The number of hydrogen-bond donors (Lipinski definition) is 0. The van der Waals surface area contributed by atoms with Crippen molar-refractivity contribution < 1.29 is 0 Å². The molecule has 3 aromatic rings. The first-order valence-corrected chi connectivity index (χ1v) is 10.1. The molecule has 2 atom stereocenters. The minimum atomic E-state index is 0.731. The maximum Gasteiger partial charge on any atom is 0.147 e. The molecule has 2 aliphatic rings. The van der Waals surface area contributed by atoms with Crippen LogP contribution in [0.25, 0.3) is 11.3 Å². The summed E-state index contributed by atoms with van der Waals surface area (Å²) in [5, 5.41) is 4.40. The smallest absolute Gasteiger partial charge is 0.147 e. The van der Waals surface area contributed by atoms with E-state index in [-0.39, 0.29) is 0 Å². The molecule has 2 fully saturated rings. The van der Waals surface area contributed by atoms with Crippen LogP contribution in [0.15, 0.2) is 55.1 Å². The fraction of sp³-hybridized carbons (Fsp3) is 0.409. The van der Waals surface area contributed by atoms with E-state index in [4.69, 9.17) is 4.98 Å². The van der Waals surface area contributed by atoms with Gasteiger partial charge in [-0.25, -0.2) is 4.98 Å². The number of anilines is 1. The molecule has 6 nitrogen and oxygen atoms in total. The van der Waals surface area contributed by atoms with Gasteiger partial charge in [0.05, 0.1) is 30.8 Å². The average Bonchev–Trinajstić information content (AvgIpc) is 3.42. The van der Waals surface area contributed by atoms with Crippen LogP contribution in [-0.2, 0) is 6.54 Å². The summed E-state index contributed by atoms with van der Waals surface area (Å²) in [7, 11) is 0. The monoisotopic (exact) mass is 374 g/mol. The molecule has 0 bridgehead atoms. The topological polar surface area (TPSA) is 50.1 Å². The van der Waals surface area contributed by atoms with E-state index in [9.17, 15) is 0 Å². The molecule has 0 N–H and O–H groups in total. The number of likely N-dealkylation sites (tertiary alicyclic amines) is 1. The van der Waals surface area contributed by atoms with Gasteiger partial charge in [-0.2, -0.15) is 5.10 Å². The molecule has 2 unspecified atom stereocenters. The van der Waals surface area contributed by atoms with Gasteiger partial charge in [0.1, 0.15) is 5.82 Å². The van der Waals surface area contributed by atoms with E-state index in [1.807, 2.05) is 36.8 Å². The predicted octanol–water partition coefficient (Wildman–Crippen LogP) is 2.72. The molecule has 0 radical (unpaired) electrons. The minimum absolute atomic E-state index is 0.731. The SMILES string of the molecule is Cc1cnn(CCN2CC3CN(c4cnc(-c5ccccc5)cn4)CC3C2)c1. The zero-order valence-corrected chi connectivity index (χ0v) is 16.3. The third kappa shape index (κ3) is 3.52. The standard InChI is InChI=1S/C22H26N6/c1-17-9-25-28(12-17)8-7-26-13-19-15-27(16-20(19)14-26)22-11-23-21(10-24-22)18-5-3-2-4-6-18/h2-6,9-12,19-20H,7-8,13-16H2,1H3. The van der Waals surface area contributed by atoms with Crippen LogP contribution in [0.1, 0.15) is 5.56 Å². The lowest BCUT2D eigenvalue weighted by molar-refractivity contribution is 0.296. The molecule has 1 aromatic carbocycles. The summed E-state index contributed by atoms with van der Waals surface area (Å²) in [6.45, 7) is 8.67. The first-order chi connectivity index (χ1) is 13.7. The van der Waals surface area contributed by atoms with Crippen LogP contribution in [0.4, 0.5) is 5.82 Å². The molecule has 144 valence electrons. The summed E-state index contributed by atoms with van der Waals surface area (Å²) in [6.07, 6.45) is 7.88. The van der Waals surface area contributed by atoms with Gasteiger partial charge in [0.15, 0.2) is 0 Å². The van der Waals surface area contributed by atoms with Crippen molar-refractivity contribution in [2.75, 3.05) is 37.6 Å². The fourth-order valence-corrected chi connectivity index (χ4v) is 4.54. The average molecular weight is 374 g/mol. The number of aryl methyl sites for hydroxylation is 1. The molecular formula is C22H26N6. The molecule has 28 heavy (non-hydrogen) atoms. The second-order valence-corrected chi connectivity index (χ2v) is 8.09. The molecule has 0 amide bonds. The summed E-state index contributed by atoms with van der Waals surface area (Å²) >= 11 is 0. The molecule has 0 saturated carbocycles. The van der Waals surface area contributed by atoms with Crippen molar-refractivity contribution in [3.8, 4) is 11.3 Å². The third-order valence-corrected chi connectivity index (χ3v) is 6.00. The molecule has 2 saturated heterocycles. The van der Waals surface area contributed by atoms with Crippen molar-refractivity contribution >= 4 is 5.82 Å². The third-order valence-electron chi connectivity index (χ3n) is 6.00. The molecule has 4 heterocycles. The molecule has 6 heteroatoms. The molecule has 5 rings (SSSR count). The number of nitrogens with zero attached hydrogens (tertiary/aromatic N) is 6. The van der Waals surface area contributed by atoms with Crippen LogP contribution in [-0.4, -0.2) is 57.4 Å². The maximum absolute atomic E-state index is 4.70. The zero-order valence-electron chi connectivity index (χ0n) is 16.3.